The summed E-state index contributed by atoms with van der Waals surface area (Å²) in [4.78, 5) is 10.5. The molecule has 1 aromatic carbocycles. The van der Waals surface area contributed by atoms with Crippen LogP contribution >= 0.6 is 31.9 Å². The van der Waals surface area contributed by atoms with Crippen molar-refractivity contribution in [2.45, 2.75) is 6.42 Å². The maximum atomic E-state index is 10.1. The number of allylic oxidation sites excluding steroid dienone is 4. The molecule has 0 aromatic heterocycles. The molecule has 0 atom stereocenters. The van der Waals surface area contributed by atoms with Gasteiger partial charge in [0.2, 0.25) is 0 Å². The highest BCUT2D eigenvalue weighted by molar-refractivity contribution is 9.13. The maximum Gasteiger partial charge on any atom is 0.284 e. The summed E-state index contributed by atoms with van der Waals surface area (Å²) >= 11 is 6.92. The number of nitrogens with one attached hydrogen (secondary N) is 1. The van der Waals surface area contributed by atoms with E-state index in [1.54, 1.807) is 24.0 Å². The van der Waals surface area contributed by atoms with Crippen LogP contribution in [0.25, 0.3) is 0 Å². The summed E-state index contributed by atoms with van der Waals surface area (Å²) in [7, 11) is 3.08. The summed E-state index contributed by atoms with van der Waals surface area (Å²) in [5, 5.41) is 10.1. The largest absolute Gasteiger partial charge is 0.502 e. The molecule has 7 heteroatoms. The van der Waals surface area contributed by atoms with E-state index in [2.05, 4.69) is 37.3 Å². The van der Waals surface area contributed by atoms with Crippen LogP contribution in [-0.4, -0.2) is 29.8 Å². The summed E-state index contributed by atoms with van der Waals surface area (Å²) in [6.07, 6.45) is 5.94. The van der Waals surface area contributed by atoms with Crippen molar-refractivity contribution in [1.82, 2.24) is 0 Å². The van der Waals surface area contributed by atoms with Gasteiger partial charge >= 0.3 is 0 Å². The fourth-order valence-electron chi connectivity index (χ4n) is 1.98. The first-order valence-corrected chi connectivity index (χ1v) is 7.71. The van der Waals surface area contributed by atoms with Crippen LogP contribution < -0.4 is 5.48 Å². The van der Waals surface area contributed by atoms with Crippen LogP contribution in [0.15, 0.2) is 45.1 Å². The molecule has 0 heterocycles. The molecule has 0 saturated heterocycles. The first-order valence-electron chi connectivity index (χ1n) is 6.12. The van der Waals surface area contributed by atoms with Gasteiger partial charge in [-0.15, -0.1) is 0 Å². The second-order valence-electron chi connectivity index (χ2n) is 4.20. The van der Waals surface area contributed by atoms with Crippen LogP contribution in [0, 0.1) is 0 Å². The summed E-state index contributed by atoms with van der Waals surface area (Å²) in [5.41, 5.74) is 4.86. The zero-order valence-electron chi connectivity index (χ0n) is 11.6. The van der Waals surface area contributed by atoms with Crippen molar-refractivity contribution in [1.29, 1.82) is 0 Å². The van der Waals surface area contributed by atoms with E-state index in [0.29, 0.717) is 23.5 Å². The average Bonchev–Trinajstić information content (AvgIpc) is 2.47. The number of hydrogen-bond donors (Lipinski definition) is 2. The maximum absolute atomic E-state index is 10.1. The third-order valence-electron chi connectivity index (χ3n) is 2.89. The van der Waals surface area contributed by atoms with Gasteiger partial charge in [0.25, 0.3) is 11.4 Å². The quantitative estimate of drug-likeness (QED) is 0.567. The number of anilines is 1. The standard InChI is InChI=1S/C14H14Br2N2O3/c1-20-17-11-7-9(15)10(16)8-13(11)18(21-2)12-5-3-4-6-14(12)19/h3-4,6-8,17H,5H2,1-2H3/p+1/b18-12-. The highest BCUT2D eigenvalue weighted by Crippen LogP contribution is 2.35. The highest BCUT2D eigenvalue weighted by atomic mass is 79.9. The van der Waals surface area contributed by atoms with E-state index in [9.17, 15) is 5.11 Å². The average molecular weight is 419 g/mol. The van der Waals surface area contributed by atoms with E-state index in [1.165, 1.54) is 7.11 Å². The molecule has 0 amide bonds. The van der Waals surface area contributed by atoms with Crippen molar-refractivity contribution in [3.8, 4) is 0 Å². The lowest BCUT2D eigenvalue weighted by Crippen LogP contribution is -2.20. The van der Waals surface area contributed by atoms with E-state index in [-0.39, 0.29) is 5.76 Å². The van der Waals surface area contributed by atoms with Crippen LogP contribution in [0.2, 0.25) is 0 Å². The lowest BCUT2D eigenvalue weighted by Gasteiger charge is -2.11. The number of benzene rings is 1. The van der Waals surface area contributed by atoms with Crippen molar-refractivity contribution >= 4 is 48.9 Å². The molecule has 21 heavy (non-hydrogen) atoms. The van der Waals surface area contributed by atoms with E-state index in [4.69, 9.17) is 9.68 Å². The van der Waals surface area contributed by atoms with Gasteiger partial charge in [0.15, 0.2) is 5.76 Å². The zero-order valence-corrected chi connectivity index (χ0v) is 14.7. The smallest absolute Gasteiger partial charge is 0.284 e. The number of aliphatic hydroxyl groups is 1. The molecule has 2 N–H and O–H groups in total. The Bertz CT molecular complexity index is 639. The molecule has 0 fully saturated rings. The first-order chi connectivity index (χ1) is 10.1. The Hall–Kier alpha value is -1.31. The summed E-state index contributed by atoms with van der Waals surface area (Å²) in [5.74, 6) is 0.168. The van der Waals surface area contributed by atoms with Gasteiger partial charge in [-0.2, -0.15) is 0 Å². The van der Waals surface area contributed by atoms with Crippen molar-refractivity contribution in [2.24, 2.45) is 0 Å². The van der Waals surface area contributed by atoms with Gasteiger partial charge in [-0.3, -0.25) is 15.2 Å². The molecule has 5 nitrogen and oxygen atoms in total. The number of nitrogens with zero attached hydrogens (tertiary/aromatic N) is 1. The van der Waals surface area contributed by atoms with Gasteiger partial charge in [0, 0.05) is 19.8 Å². The second-order valence-corrected chi connectivity index (χ2v) is 5.91. The van der Waals surface area contributed by atoms with E-state index < -0.39 is 0 Å². The van der Waals surface area contributed by atoms with Crippen LogP contribution in [0.5, 0.6) is 0 Å². The summed E-state index contributed by atoms with van der Waals surface area (Å²) in [6.45, 7) is 0. The Labute approximate surface area is 139 Å². The normalized spacial score (nSPS) is 16.5. The van der Waals surface area contributed by atoms with E-state index in [1.807, 2.05) is 18.2 Å². The van der Waals surface area contributed by atoms with Crippen LogP contribution in [0.1, 0.15) is 6.42 Å². The highest BCUT2D eigenvalue weighted by Gasteiger charge is 2.27. The van der Waals surface area contributed by atoms with Crippen LogP contribution in [-0.2, 0) is 9.68 Å². The Morgan fingerprint density at radius 2 is 1.95 bits per heavy atom. The van der Waals surface area contributed by atoms with Gasteiger partial charge in [-0.1, -0.05) is 12.2 Å². The predicted octanol–water partition coefficient (Wildman–Crippen LogP) is 4.23. The van der Waals surface area contributed by atoms with Gasteiger partial charge in [-0.05, 0) is 44.0 Å². The van der Waals surface area contributed by atoms with Gasteiger partial charge < -0.3 is 5.11 Å². The minimum atomic E-state index is 0.168. The molecule has 0 unspecified atom stereocenters. The SMILES string of the molecule is CONc1cc(Br)c(Br)cc1/[N+](OC)=C1\CC=CC=C1O. The van der Waals surface area contributed by atoms with Gasteiger partial charge in [0.1, 0.15) is 12.8 Å². The Morgan fingerprint density at radius 1 is 1.24 bits per heavy atom. The van der Waals surface area contributed by atoms with E-state index >= 15 is 0 Å². The van der Waals surface area contributed by atoms with Crippen molar-refractivity contribution in [2.75, 3.05) is 19.7 Å². The third-order valence-corrected chi connectivity index (χ3v) is 4.74. The molecule has 1 aliphatic rings. The summed E-state index contributed by atoms with van der Waals surface area (Å²) < 4.78 is 3.29. The van der Waals surface area contributed by atoms with Crippen molar-refractivity contribution in [3.05, 3.63) is 45.1 Å². The Balaban J connectivity index is 2.62. The van der Waals surface area contributed by atoms with Crippen LogP contribution in [0.3, 0.4) is 0 Å². The first kappa shape index (κ1) is 16.1. The van der Waals surface area contributed by atoms with Gasteiger partial charge in [-0.25, -0.2) is 0 Å². The molecule has 0 radical (unpaired) electrons. The lowest BCUT2D eigenvalue weighted by atomic mass is 10.1. The molecule has 0 spiro atoms. The summed E-state index contributed by atoms with van der Waals surface area (Å²) in [6, 6.07) is 3.72. The molecule has 1 aromatic rings. The predicted molar refractivity (Wildman–Crippen MR) is 88.9 cm³/mol. The molecule has 0 bridgehead atoms. The van der Waals surface area contributed by atoms with Crippen LogP contribution in [0.4, 0.5) is 11.4 Å². The fourth-order valence-corrected chi connectivity index (χ4v) is 2.65. The second kappa shape index (κ2) is 7.11. The minimum Gasteiger partial charge on any atom is -0.502 e. The number of aliphatic hydroxyl groups excluding tert-OH is 1. The van der Waals surface area contributed by atoms with E-state index in [0.717, 1.165) is 8.95 Å². The molecule has 1 aliphatic carbocycles. The Morgan fingerprint density at radius 3 is 2.57 bits per heavy atom. The minimum absolute atomic E-state index is 0.168. The third kappa shape index (κ3) is 3.48. The molecule has 2 rings (SSSR count). The van der Waals surface area contributed by atoms with Crippen molar-refractivity contribution in [3.63, 3.8) is 0 Å². The number of halogens is 2. The van der Waals surface area contributed by atoms with Crippen molar-refractivity contribution < 1.29 is 19.5 Å². The number of rotatable bonds is 4. The molecule has 0 saturated carbocycles. The Kier molecular flexibility index (Phi) is 5.44. The lowest BCUT2D eigenvalue weighted by molar-refractivity contribution is -0.720. The molecular weight excluding hydrogens is 404 g/mol. The molecule has 0 aliphatic heterocycles. The fraction of sp³-hybridized carbons (Fsp3) is 0.214. The monoisotopic (exact) mass is 417 g/mol. The number of hydrogen-bond acceptors (Lipinski definition) is 4. The topological polar surface area (TPSA) is 53.7 Å². The molecular formula is C14H15Br2N2O3+. The molecule has 112 valence electrons. The van der Waals surface area contributed by atoms with Gasteiger partial charge in [0.05, 0.1) is 13.5 Å². The zero-order chi connectivity index (χ0) is 15.4.